The molecular formula is C6H3BrF2. The van der Waals surface area contributed by atoms with E-state index in [0.717, 1.165) is 0 Å². The van der Waals surface area contributed by atoms with Crippen LogP contribution in [0.25, 0.3) is 0 Å². The van der Waals surface area contributed by atoms with Crippen LogP contribution in [0.2, 0.25) is 0 Å². The lowest BCUT2D eigenvalue weighted by atomic mass is 10.3. The van der Waals surface area contributed by atoms with E-state index >= 15 is 0 Å². The maximum atomic E-state index is 12.7. The zero-order chi connectivity index (χ0) is 9.46. The molecule has 0 radical (unpaired) electrons. The lowest BCUT2D eigenvalue weighted by molar-refractivity contribution is 0.582. The van der Waals surface area contributed by atoms with Gasteiger partial charge in [0.15, 0.2) is 0 Å². The van der Waals surface area contributed by atoms with Crippen LogP contribution in [0.5, 0.6) is 0 Å². The van der Waals surface area contributed by atoms with Crippen LogP contribution in [0.3, 0.4) is 0 Å². The summed E-state index contributed by atoms with van der Waals surface area (Å²) in [6.07, 6.45) is 0. The van der Waals surface area contributed by atoms with E-state index < -0.39 is 29.8 Å². The van der Waals surface area contributed by atoms with E-state index in [9.17, 15) is 8.78 Å². The Hall–Kier alpha value is -0.440. The van der Waals surface area contributed by atoms with E-state index in [2.05, 4.69) is 15.9 Å². The van der Waals surface area contributed by atoms with Gasteiger partial charge >= 0.3 is 0 Å². The highest BCUT2D eigenvalue weighted by Crippen LogP contribution is 2.12. The second-order valence-electron chi connectivity index (χ2n) is 1.32. The van der Waals surface area contributed by atoms with Crippen LogP contribution in [-0.4, -0.2) is 0 Å². The number of benzene rings is 1. The molecule has 0 amide bonds. The summed E-state index contributed by atoms with van der Waals surface area (Å²) < 4.78 is 45.9. The van der Waals surface area contributed by atoms with Crippen molar-refractivity contribution in [1.82, 2.24) is 0 Å². The van der Waals surface area contributed by atoms with Crippen molar-refractivity contribution in [2.24, 2.45) is 0 Å². The maximum Gasteiger partial charge on any atom is 0.127 e. The summed E-state index contributed by atoms with van der Waals surface area (Å²) in [5.41, 5.74) is 0. The molecule has 0 heterocycles. The van der Waals surface area contributed by atoms with Crippen molar-refractivity contribution in [2.45, 2.75) is 0 Å². The molecule has 0 nitrogen and oxygen atoms in total. The van der Waals surface area contributed by atoms with Gasteiger partial charge in [0.1, 0.15) is 11.6 Å². The molecule has 3 heteroatoms. The lowest BCUT2D eigenvalue weighted by Crippen LogP contribution is -1.77. The molecule has 0 bridgehead atoms. The van der Waals surface area contributed by atoms with Crippen molar-refractivity contribution in [2.75, 3.05) is 0 Å². The third-order valence-electron chi connectivity index (χ3n) is 0.658. The molecule has 0 aromatic heterocycles. The minimum absolute atomic E-state index is 0.270. The zero-order valence-electron chi connectivity index (χ0n) is 7.13. The molecule has 0 saturated heterocycles. The lowest BCUT2D eigenvalue weighted by Gasteiger charge is -1.89. The Balaban J connectivity index is 3.60. The first-order valence-electron chi connectivity index (χ1n) is 3.57. The van der Waals surface area contributed by atoms with Gasteiger partial charge in [-0.15, -0.1) is 0 Å². The molecule has 9 heavy (non-hydrogen) atoms. The van der Waals surface area contributed by atoms with Crippen LogP contribution in [-0.2, 0) is 0 Å². The Kier molecular flexibility index (Phi) is 0.990. The van der Waals surface area contributed by atoms with Gasteiger partial charge in [-0.05, 0) is 12.1 Å². The Morgan fingerprint density at radius 1 is 1.22 bits per heavy atom. The summed E-state index contributed by atoms with van der Waals surface area (Å²) in [5.74, 6) is -2.51. The fraction of sp³-hybridized carbons (Fsp3) is 0. The summed E-state index contributed by atoms with van der Waals surface area (Å²) in [6, 6.07) is -2.36. The van der Waals surface area contributed by atoms with Gasteiger partial charge in [0.2, 0.25) is 0 Å². The molecule has 1 aromatic carbocycles. The summed E-state index contributed by atoms with van der Waals surface area (Å²) in [5, 5.41) is 0. The molecule has 0 aliphatic rings. The summed E-state index contributed by atoms with van der Waals surface area (Å²) >= 11 is 2.68. The van der Waals surface area contributed by atoms with Crippen LogP contribution in [0.4, 0.5) is 8.78 Å². The van der Waals surface area contributed by atoms with Crippen LogP contribution >= 0.6 is 15.9 Å². The first-order valence-corrected chi connectivity index (χ1v) is 2.86. The molecule has 0 saturated carbocycles. The quantitative estimate of drug-likeness (QED) is 0.598. The van der Waals surface area contributed by atoms with E-state index in [0.29, 0.717) is 0 Å². The molecule has 0 aliphatic carbocycles. The van der Waals surface area contributed by atoms with Gasteiger partial charge in [0.05, 0.1) is 4.11 Å². The van der Waals surface area contributed by atoms with Crippen molar-refractivity contribution >= 4 is 15.9 Å². The summed E-state index contributed by atoms with van der Waals surface area (Å²) in [6.45, 7) is 0. The average molecular weight is 196 g/mol. The van der Waals surface area contributed by atoms with Crippen molar-refractivity contribution in [3.05, 3.63) is 34.2 Å². The third-order valence-corrected chi connectivity index (χ3v) is 1.05. The van der Waals surface area contributed by atoms with Gasteiger partial charge in [-0.25, -0.2) is 8.78 Å². The van der Waals surface area contributed by atoms with Gasteiger partial charge in [0, 0.05) is 10.5 Å². The Bertz CT molecular complexity index is 235. The Labute approximate surface area is 63.8 Å². The topological polar surface area (TPSA) is 0 Å². The summed E-state index contributed by atoms with van der Waals surface area (Å²) in [4.78, 5) is 0. The third kappa shape index (κ3) is 1.75. The average Bonchev–Trinajstić information content (AvgIpc) is 2.08. The molecular weight excluding hydrogens is 190 g/mol. The number of hydrogen-bond donors (Lipinski definition) is 0. The Morgan fingerprint density at radius 3 is 2.11 bits per heavy atom. The van der Waals surface area contributed by atoms with E-state index in [1.54, 1.807) is 0 Å². The molecule has 0 aliphatic heterocycles. The highest BCUT2D eigenvalue weighted by atomic mass is 79.9. The molecule has 0 atom stereocenters. The predicted molar refractivity (Wildman–Crippen MR) is 34.1 cm³/mol. The highest BCUT2D eigenvalue weighted by molar-refractivity contribution is 9.10. The van der Waals surface area contributed by atoms with E-state index in [-0.39, 0.29) is 4.47 Å². The fourth-order valence-corrected chi connectivity index (χ4v) is 0.731. The zero-order valence-corrected chi connectivity index (χ0v) is 5.72. The van der Waals surface area contributed by atoms with Crippen molar-refractivity contribution in [3.8, 4) is 0 Å². The number of hydrogen-bond acceptors (Lipinski definition) is 0. The van der Waals surface area contributed by atoms with Crippen LogP contribution in [0.15, 0.2) is 22.6 Å². The minimum Gasteiger partial charge on any atom is -0.207 e. The van der Waals surface area contributed by atoms with Gasteiger partial charge in [-0.1, -0.05) is 15.9 Å². The van der Waals surface area contributed by atoms with Gasteiger partial charge in [0.25, 0.3) is 0 Å². The molecule has 0 N–H and O–H groups in total. The van der Waals surface area contributed by atoms with E-state index in [4.69, 9.17) is 4.11 Å². The van der Waals surface area contributed by atoms with E-state index in [1.165, 1.54) is 0 Å². The van der Waals surface area contributed by atoms with Crippen molar-refractivity contribution in [3.63, 3.8) is 0 Å². The number of rotatable bonds is 0. The van der Waals surface area contributed by atoms with Crippen molar-refractivity contribution in [1.29, 1.82) is 0 Å². The SMILES string of the molecule is [2H]c1c(F)c([2H])c(Br)c([2H])c1F. The van der Waals surface area contributed by atoms with Gasteiger partial charge < -0.3 is 0 Å². The molecule has 0 fully saturated rings. The molecule has 1 rings (SSSR count). The second-order valence-corrected chi connectivity index (χ2v) is 2.11. The molecule has 0 spiro atoms. The van der Waals surface area contributed by atoms with Crippen LogP contribution in [0, 0.1) is 11.6 Å². The fourth-order valence-electron chi connectivity index (χ4n) is 0.383. The number of halogens is 3. The molecule has 1 aromatic rings. The monoisotopic (exact) mass is 195 g/mol. The highest BCUT2D eigenvalue weighted by Gasteiger charge is 1.95. The standard InChI is InChI=1S/C6H3BrF2/c7-4-1-5(8)3-6(9)2-4/h1-3H/i1D,2D,3D. The van der Waals surface area contributed by atoms with E-state index in [1.807, 2.05) is 0 Å². The largest absolute Gasteiger partial charge is 0.207 e. The van der Waals surface area contributed by atoms with Crippen LogP contribution in [0.1, 0.15) is 4.11 Å². The summed E-state index contributed by atoms with van der Waals surface area (Å²) in [7, 11) is 0. The first-order chi connectivity index (χ1) is 5.46. The normalized spacial score (nSPS) is 14.3. The van der Waals surface area contributed by atoms with Crippen molar-refractivity contribution < 1.29 is 12.9 Å². The molecule has 0 unspecified atom stereocenters. The Morgan fingerprint density at radius 2 is 1.67 bits per heavy atom. The molecule has 48 valence electrons. The first kappa shape index (κ1) is 3.66. The van der Waals surface area contributed by atoms with Gasteiger partial charge in [-0.2, -0.15) is 0 Å². The predicted octanol–water partition coefficient (Wildman–Crippen LogP) is 2.73. The van der Waals surface area contributed by atoms with Gasteiger partial charge in [-0.3, -0.25) is 0 Å². The smallest absolute Gasteiger partial charge is 0.127 e. The maximum absolute atomic E-state index is 12.7. The second kappa shape index (κ2) is 2.43. The minimum atomic E-state index is -1.25. The van der Waals surface area contributed by atoms with Crippen LogP contribution < -0.4 is 0 Å².